The van der Waals surface area contributed by atoms with Gasteiger partial charge in [0.05, 0.1) is 7.11 Å². The molecule has 100 valence electrons. The van der Waals surface area contributed by atoms with Gasteiger partial charge in [0.25, 0.3) is 0 Å². The van der Waals surface area contributed by atoms with Gasteiger partial charge < -0.3 is 10.1 Å². The minimum Gasteiger partial charge on any atom is -0.496 e. The summed E-state index contributed by atoms with van der Waals surface area (Å²) < 4.78 is 5.37. The largest absolute Gasteiger partial charge is 0.496 e. The molecule has 0 atom stereocenters. The van der Waals surface area contributed by atoms with Crippen LogP contribution in [0.1, 0.15) is 44.6 Å². The zero-order valence-corrected chi connectivity index (χ0v) is 12.0. The first-order valence-electron chi connectivity index (χ1n) is 6.70. The van der Waals surface area contributed by atoms with Crippen LogP contribution in [0.3, 0.4) is 0 Å². The van der Waals surface area contributed by atoms with E-state index >= 15 is 0 Å². The van der Waals surface area contributed by atoms with Crippen molar-refractivity contribution in [2.45, 2.75) is 51.1 Å². The smallest absolute Gasteiger partial charge is 0.123 e. The van der Waals surface area contributed by atoms with Crippen molar-refractivity contribution in [2.75, 3.05) is 7.11 Å². The van der Waals surface area contributed by atoms with Crippen molar-refractivity contribution in [2.24, 2.45) is 0 Å². The third-order valence-electron chi connectivity index (χ3n) is 3.91. The van der Waals surface area contributed by atoms with Crippen molar-refractivity contribution in [1.29, 1.82) is 0 Å². The lowest BCUT2D eigenvalue weighted by Crippen LogP contribution is -2.43. The van der Waals surface area contributed by atoms with E-state index in [1.54, 1.807) is 7.11 Å². The van der Waals surface area contributed by atoms with Crippen molar-refractivity contribution >= 4 is 11.6 Å². The van der Waals surface area contributed by atoms with E-state index in [1.807, 2.05) is 18.2 Å². The first-order valence-corrected chi connectivity index (χ1v) is 7.08. The van der Waals surface area contributed by atoms with E-state index in [0.29, 0.717) is 0 Å². The number of hydrogen-bond acceptors (Lipinski definition) is 2. The van der Waals surface area contributed by atoms with Crippen molar-refractivity contribution < 1.29 is 4.74 Å². The highest BCUT2D eigenvalue weighted by molar-refractivity contribution is 6.30. The summed E-state index contributed by atoms with van der Waals surface area (Å²) in [5, 5.41) is 4.44. The van der Waals surface area contributed by atoms with Gasteiger partial charge in [0, 0.05) is 22.7 Å². The van der Waals surface area contributed by atoms with E-state index in [4.69, 9.17) is 16.3 Å². The Balaban J connectivity index is 2.02. The minimum atomic E-state index is 0.269. The number of nitrogens with one attached hydrogen (secondary N) is 1. The third-order valence-corrected chi connectivity index (χ3v) is 4.14. The maximum atomic E-state index is 6.05. The zero-order chi connectivity index (χ0) is 13.0. The number of rotatable bonds is 4. The molecule has 1 saturated carbocycles. The molecule has 0 unspecified atom stereocenters. The van der Waals surface area contributed by atoms with E-state index in [9.17, 15) is 0 Å². The van der Waals surface area contributed by atoms with Crippen molar-refractivity contribution in [3.05, 3.63) is 28.8 Å². The Bertz CT molecular complexity index is 399. The van der Waals surface area contributed by atoms with Gasteiger partial charge in [0.15, 0.2) is 0 Å². The number of methoxy groups -OCH3 is 1. The van der Waals surface area contributed by atoms with E-state index in [-0.39, 0.29) is 5.54 Å². The number of ether oxygens (including phenoxy) is 1. The fraction of sp³-hybridized carbons (Fsp3) is 0.600. The van der Waals surface area contributed by atoms with Crippen LogP contribution in [0.2, 0.25) is 5.02 Å². The monoisotopic (exact) mass is 267 g/mol. The Morgan fingerprint density at radius 1 is 1.28 bits per heavy atom. The molecule has 1 N–H and O–H groups in total. The first-order chi connectivity index (χ1) is 8.63. The fourth-order valence-corrected chi connectivity index (χ4v) is 2.90. The number of benzene rings is 1. The molecule has 0 radical (unpaired) electrons. The summed E-state index contributed by atoms with van der Waals surface area (Å²) in [6.45, 7) is 3.14. The number of halogens is 1. The SMILES string of the molecule is COc1ccc(Cl)cc1CNC1(C)CCCCC1. The van der Waals surface area contributed by atoms with Crippen molar-refractivity contribution in [1.82, 2.24) is 5.32 Å². The Morgan fingerprint density at radius 2 is 2.00 bits per heavy atom. The minimum absolute atomic E-state index is 0.269. The van der Waals surface area contributed by atoms with Crippen LogP contribution in [-0.2, 0) is 6.54 Å². The highest BCUT2D eigenvalue weighted by atomic mass is 35.5. The predicted molar refractivity (Wildman–Crippen MR) is 76.3 cm³/mol. The van der Waals surface area contributed by atoms with E-state index in [0.717, 1.165) is 22.9 Å². The standard InChI is InChI=1S/C15H22ClNO/c1-15(8-4-3-5-9-15)17-11-12-10-13(16)6-7-14(12)18-2/h6-7,10,17H,3-5,8-9,11H2,1-2H3. The summed E-state index contributed by atoms with van der Waals surface area (Å²) >= 11 is 6.05. The molecular weight excluding hydrogens is 246 g/mol. The van der Waals surface area contributed by atoms with Gasteiger partial charge in [0.2, 0.25) is 0 Å². The molecule has 2 nitrogen and oxygen atoms in total. The van der Waals surface area contributed by atoms with E-state index < -0.39 is 0 Å². The predicted octanol–water partition coefficient (Wildman–Crippen LogP) is 4.16. The van der Waals surface area contributed by atoms with Crippen LogP contribution in [0.15, 0.2) is 18.2 Å². The van der Waals surface area contributed by atoms with Crippen LogP contribution in [-0.4, -0.2) is 12.6 Å². The summed E-state index contributed by atoms with van der Waals surface area (Å²) in [5.41, 5.74) is 1.41. The Morgan fingerprint density at radius 3 is 2.67 bits per heavy atom. The third kappa shape index (κ3) is 3.39. The molecule has 0 heterocycles. The Hall–Kier alpha value is -0.730. The molecule has 2 rings (SSSR count). The quantitative estimate of drug-likeness (QED) is 0.884. The van der Waals surface area contributed by atoms with Gasteiger partial charge in [-0.25, -0.2) is 0 Å². The normalized spacial score (nSPS) is 18.6. The molecule has 1 aromatic carbocycles. The maximum absolute atomic E-state index is 6.05. The molecule has 0 saturated heterocycles. The molecule has 0 bridgehead atoms. The lowest BCUT2D eigenvalue weighted by Gasteiger charge is -2.35. The van der Waals surface area contributed by atoms with Gasteiger partial charge in [-0.2, -0.15) is 0 Å². The molecule has 1 fully saturated rings. The molecular formula is C15H22ClNO. The second-order valence-electron chi connectivity index (χ2n) is 5.43. The highest BCUT2D eigenvalue weighted by Gasteiger charge is 2.26. The Kier molecular flexibility index (Phi) is 4.52. The van der Waals surface area contributed by atoms with Gasteiger partial charge in [-0.15, -0.1) is 0 Å². The zero-order valence-electron chi connectivity index (χ0n) is 11.3. The molecule has 0 amide bonds. The lowest BCUT2D eigenvalue weighted by molar-refractivity contribution is 0.251. The van der Waals surface area contributed by atoms with E-state index in [2.05, 4.69) is 12.2 Å². The van der Waals surface area contributed by atoms with Gasteiger partial charge in [-0.05, 0) is 38.0 Å². The average Bonchev–Trinajstić information content (AvgIpc) is 2.38. The van der Waals surface area contributed by atoms with E-state index in [1.165, 1.54) is 32.1 Å². The molecule has 1 aromatic rings. The molecule has 1 aliphatic carbocycles. The second kappa shape index (κ2) is 5.94. The van der Waals surface area contributed by atoms with Crippen LogP contribution in [0.4, 0.5) is 0 Å². The second-order valence-corrected chi connectivity index (χ2v) is 5.87. The summed E-state index contributed by atoms with van der Waals surface area (Å²) in [4.78, 5) is 0. The van der Waals surface area contributed by atoms with Crippen LogP contribution in [0.5, 0.6) is 5.75 Å². The summed E-state index contributed by atoms with van der Waals surface area (Å²) in [6, 6.07) is 5.79. The maximum Gasteiger partial charge on any atom is 0.123 e. The molecule has 1 aliphatic rings. The first kappa shape index (κ1) is 13.7. The summed E-state index contributed by atoms with van der Waals surface area (Å²) in [5.74, 6) is 0.909. The van der Waals surface area contributed by atoms with Gasteiger partial charge in [0.1, 0.15) is 5.75 Å². The molecule has 0 aromatic heterocycles. The van der Waals surface area contributed by atoms with Crippen LogP contribution < -0.4 is 10.1 Å². The summed E-state index contributed by atoms with van der Waals surface area (Å²) in [7, 11) is 1.70. The number of hydrogen-bond donors (Lipinski definition) is 1. The van der Waals surface area contributed by atoms with Crippen molar-refractivity contribution in [3.63, 3.8) is 0 Å². The van der Waals surface area contributed by atoms with Crippen LogP contribution >= 0.6 is 11.6 Å². The van der Waals surface area contributed by atoms with Gasteiger partial charge in [-0.1, -0.05) is 30.9 Å². The van der Waals surface area contributed by atoms with Crippen molar-refractivity contribution in [3.8, 4) is 5.75 Å². The Labute approximate surface area is 115 Å². The molecule has 18 heavy (non-hydrogen) atoms. The highest BCUT2D eigenvalue weighted by Crippen LogP contribution is 2.29. The lowest BCUT2D eigenvalue weighted by atomic mass is 9.83. The molecule has 0 aliphatic heterocycles. The molecule has 0 spiro atoms. The average molecular weight is 268 g/mol. The molecule has 3 heteroatoms. The van der Waals surface area contributed by atoms with Crippen LogP contribution in [0.25, 0.3) is 0 Å². The summed E-state index contributed by atoms with van der Waals surface area (Å²) in [6.07, 6.45) is 6.55. The van der Waals surface area contributed by atoms with Gasteiger partial charge >= 0.3 is 0 Å². The fourth-order valence-electron chi connectivity index (χ4n) is 2.70. The van der Waals surface area contributed by atoms with Gasteiger partial charge in [-0.3, -0.25) is 0 Å². The van der Waals surface area contributed by atoms with Crippen LogP contribution in [0, 0.1) is 0 Å². The topological polar surface area (TPSA) is 21.3 Å².